The number of carboxylic acids is 1. The molecule has 0 aliphatic heterocycles. The quantitative estimate of drug-likeness (QED) is 0.418. The number of aliphatic hydroxyl groups is 2. The van der Waals surface area contributed by atoms with E-state index in [2.05, 4.69) is 47.6 Å². The molecule has 5 aliphatic carbocycles. The topological polar surface area (TPSA) is 77.8 Å². The molecule has 0 amide bonds. The monoisotopic (exact) mass is 472 g/mol. The van der Waals surface area contributed by atoms with E-state index < -0.39 is 22.9 Å². The lowest BCUT2D eigenvalue weighted by atomic mass is 9.33. The number of hydrogen-bond donors (Lipinski definition) is 3. The minimum atomic E-state index is -0.588. The zero-order valence-electron chi connectivity index (χ0n) is 22.4. The van der Waals surface area contributed by atoms with Crippen LogP contribution >= 0.6 is 0 Å². The van der Waals surface area contributed by atoms with Crippen LogP contribution in [0.3, 0.4) is 0 Å². The van der Waals surface area contributed by atoms with Crippen molar-refractivity contribution in [3.63, 3.8) is 0 Å². The first kappa shape index (κ1) is 24.8. The molecule has 0 aromatic carbocycles. The summed E-state index contributed by atoms with van der Waals surface area (Å²) in [5.74, 6) is 0.395. The van der Waals surface area contributed by atoms with Gasteiger partial charge in [0.25, 0.3) is 0 Å². The Labute approximate surface area is 206 Å². The van der Waals surface area contributed by atoms with Crippen LogP contribution in [0.1, 0.15) is 106 Å². The van der Waals surface area contributed by atoms with Gasteiger partial charge in [-0.25, -0.2) is 0 Å². The summed E-state index contributed by atoms with van der Waals surface area (Å²) in [5, 5.41) is 31.8. The summed E-state index contributed by atoms with van der Waals surface area (Å²) >= 11 is 0. The van der Waals surface area contributed by atoms with Gasteiger partial charge in [0.2, 0.25) is 0 Å². The predicted octanol–water partition coefficient (Wildman–Crippen LogP) is 6.21. The van der Waals surface area contributed by atoms with Gasteiger partial charge in [0.1, 0.15) is 0 Å². The summed E-state index contributed by atoms with van der Waals surface area (Å²) in [6, 6.07) is 0. The standard InChI is InChI=1S/C30H48O4/c1-25(2)13-15-30(24(33)34)16-14-28(5)19(20(30)17-25)7-8-22-26(3)11-10-23(32)27(4,18-31)21(26)9-12-29(22,28)6/h7,20-23,31-32H,8-18H2,1-6H3,(H,33,34)/t20-,21?,22+,23-,26-,27-,28+,29+,30-/m0/s1. The second-order valence-corrected chi connectivity index (χ2v) is 14.9. The van der Waals surface area contributed by atoms with Crippen LogP contribution in [0.15, 0.2) is 11.6 Å². The van der Waals surface area contributed by atoms with Gasteiger partial charge in [0.05, 0.1) is 18.1 Å². The largest absolute Gasteiger partial charge is 0.481 e. The minimum absolute atomic E-state index is 0.0204. The average Bonchev–Trinajstić information content (AvgIpc) is 2.76. The second kappa shape index (κ2) is 7.34. The number of carboxylic acid groups (broad SMARTS) is 1. The van der Waals surface area contributed by atoms with Crippen LogP contribution in [0.2, 0.25) is 0 Å². The lowest BCUT2D eigenvalue weighted by Crippen LogP contribution is -2.65. The first-order valence-electron chi connectivity index (χ1n) is 13.9. The second-order valence-electron chi connectivity index (χ2n) is 14.9. The molecular weight excluding hydrogens is 424 g/mol. The maximum Gasteiger partial charge on any atom is 0.310 e. The fourth-order valence-electron chi connectivity index (χ4n) is 10.7. The van der Waals surface area contributed by atoms with Crippen molar-refractivity contribution in [3.05, 3.63) is 11.6 Å². The van der Waals surface area contributed by atoms with E-state index in [1.54, 1.807) is 0 Å². The van der Waals surface area contributed by atoms with E-state index in [4.69, 9.17) is 0 Å². The molecule has 4 nitrogen and oxygen atoms in total. The van der Waals surface area contributed by atoms with Gasteiger partial charge in [-0.3, -0.25) is 4.79 Å². The highest BCUT2D eigenvalue weighted by atomic mass is 16.4. The number of hydrogen-bond acceptors (Lipinski definition) is 3. The number of fused-ring (bicyclic) bond motifs is 7. The van der Waals surface area contributed by atoms with E-state index >= 15 is 0 Å². The molecule has 9 atom stereocenters. The predicted molar refractivity (Wildman–Crippen MR) is 134 cm³/mol. The highest BCUT2D eigenvalue weighted by Gasteiger charge is 2.69. The molecule has 4 fully saturated rings. The number of rotatable bonds is 2. The van der Waals surface area contributed by atoms with Gasteiger partial charge >= 0.3 is 5.97 Å². The lowest BCUT2D eigenvalue weighted by molar-refractivity contribution is -0.216. The van der Waals surface area contributed by atoms with E-state index in [1.165, 1.54) is 5.57 Å². The Morgan fingerprint density at radius 1 is 0.941 bits per heavy atom. The SMILES string of the molecule is CC1(C)CC[C@]2(C(=O)O)CC[C@]3(C)C(=CC[C@@H]4[C@@]5(C)CC[C@H](O)[C@@](C)(CO)C5CC[C@]43C)[C@@H]2C1. The van der Waals surface area contributed by atoms with Crippen LogP contribution in [0.4, 0.5) is 0 Å². The zero-order valence-corrected chi connectivity index (χ0v) is 22.4. The normalized spacial score (nSPS) is 54.1. The third kappa shape index (κ3) is 2.88. The molecule has 0 bridgehead atoms. The maximum absolute atomic E-state index is 12.8. The van der Waals surface area contributed by atoms with E-state index in [1.807, 2.05) is 0 Å². The van der Waals surface area contributed by atoms with Crippen LogP contribution in [0, 0.1) is 50.2 Å². The highest BCUT2D eigenvalue weighted by molar-refractivity contribution is 5.76. The van der Waals surface area contributed by atoms with Crippen molar-refractivity contribution in [3.8, 4) is 0 Å². The van der Waals surface area contributed by atoms with Gasteiger partial charge in [0.15, 0.2) is 0 Å². The lowest BCUT2D eigenvalue weighted by Gasteiger charge is -2.71. The van der Waals surface area contributed by atoms with Gasteiger partial charge in [-0.2, -0.15) is 0 Å². The molecule has 0 aromatic heterocycles. The molecule has 0 saturated heterocycles. The van der Waals surface area contributed by atoms with Gasteiger partial charge in [0, 0.05) is 5.41 Å². The molecule has 0 spiro atoms. The molecule has 5 rings (SSSR count). The Balaban J connectivity index is 1.60. The third-order valence-electron chi connectivity index (χ3n) is 13.2. The number of aliphatic carboxylic acids is 1. The van der Waals surface area contributed by atoms with Crippen molar-refractivity contribution in [2.45, 2.75) is 112 Å². The van der Waals surface area contributed by atoms with Crippen LogP contribution < -0.4 is 0 Å². The first-order chi connectivity index (χ1) is 15.7. The van der Waals surface area contributed by atoms with Crippen molar-refractivity contribution in [1.82, 2.24) is 0 Å². The van der Waals surface area contributed by atoms with E-state index in [0.29, 0.717) is 11.8 Å². The fourth-order valence-corrected chi connectivity index (χ4v) is 10.7. The van der Waals surface area contributed by atoms with Crippen molar-refractivity contribution in [1.29, 1.82) is 0 Å². The van der Waals surface area contributed by atoms with E-state index in [9.17, 15) is 20.1 Å². The Hall–Kier alpha value is -0.870. The molecule has 1 unspecified atom stereocenters. The van der Waals surface area contributed by atoms with Crippen LogP contribution in [0.25, 0.3) is 0 Å². The molecule has 34 heavy (non-hydrogen) atoms. The smallest absolute Gasteiger partial charge is 0.310 e. The molecular formula is C30H48O4. The molecule has 4 heteroatoms. The molecule has 192 valence electrons. The first-order valence-corrected chi connectivity index (χ1v) is 13.9. The zero-order chi connectivity index (χ0) is 24.9. The highest BCUT2D eigenvalue weighted by Crippen LogP contribution is 2.75. The molecule has 0 radical (unpaired) electrons. The molecule has 5 aliphatic rings. The average molecular weight is 473 g/mol. The summed E-state index contributed by atoms with van der Waals surface area (Å²) < 4.78 is 0. The van der Waals surface area contributed by atoms with Gasteiger partial charge in [-0.15, -0.1) is 0 Å². The number of aliphatic hydroxyl groups excluding tert-OH is 2. The third-order valence-corrected chi connectivity index (χ3v) is 13.2. The summed E-state index contributed by atoms with van der Waals surface area (Å²) in [6.45, 7) is 14.3. The summed E-state index contributed by atoms with van der Waals surface area (Å²) in [6.07, 6.45) is 11.6. The number of carbonyl (C=O) groups is 1. The van der Waals surface area contributed by atoms with Crippen LogP contribution in [0.5, 0.6) is 0 Å². The van der Waals surface area contributed by atoms with Gasteiger partial charge in [-0.05, 0) is 104 Å². The summed E-state index contributed by atoms with van der Waals surface area (Å²) in [5.41, 5.74) is 0.858. The molecule has 4 saturated carbocycles. The van der Waals surface area contributed by atoms with Gasteiger partial charge < -0.3 is 15.3 Å². The van der Waals surface area contributed by atoms with Crippen molar-refractivity contribution < 1.29 is 20.1 Å². The minimum Gasteiger partial charge on any atom is -0.481 e. The summed E-state index contributed by atoms with van der Waals surface area (Å²) in [4.78, 5) is 12.8. The Morgan fingerprint density at radius 2 is 1.62 bits per heavy atom. The van der Waals surface area contributed by atoms with Gasteiger partial charge in [-0.1, -0.05) is 53.2 Å². The van der Waals surface area contributed by atoms with Crippen molar-refractivity contribution in [2.75, 3.05) is 6.61 Å². The fraction of sp³-hybridized carbons (Fsp3) is 0.900. The molecule has 0 heterocycles. The Kier molecular flexibility index (Phi) is 5.36. The Bertz CT molecular complexity index is 907. The van der Waals surface area contributed by atoms with Crippen LogP contribution in [-0.4, -0.2) is 34.0 Å². The molecule has 3 N–H and O–H groups in total. The van der Waals surface area contributed by atoms with Crippen LogP contribution in [-0.2, 0) is 4.79 Å². The Morgan fingerprint density at radius 3 is 2.26 bits per heavy atom. The maximum atomic E-state index is 12.8. The molecule has 0 aromatic rings. The number of allylic oxidation sites excluding steroid dienone is 2. The van der Waals surface area contributed by atoms with E-state index in [-0.39, 0.29) is 34.2 Å². The van der Waals surface area contributed by atoms with E-state index in [0.717, 1.165) is 64.2 Å². The summed E-state index contributed by atoms with van der Waals surface area (Å²) in [7, 11) is 0. The van der Waals surface area contributed by atoms with Crippen molar-refractivity contribution in [2.24, 2.45) is 50.2 Å². The van der Waals surface area contributed by atoms with Crippen molar-refractivity contribution >= 4 is 5.97 Å².